The van der Waals surface area contributed by atoms with Crippen LogP contribution in [0.15, 0.2) is 18.3 Å². The normalized spacial score (nSPS) is 12.1. The minimum Gasteiger partial charge on any atom is -0.397 e. The number of anilines is 1. The van der Waals surface area contributed by atoms with Gasteiger partial charge >= 0.3 is 0 Å². The monoisotopic (exact) mass is 209 g/mol. The molecule has 1 aromatic rings. The molecule has 0 spiro atoms. The number of pyridine rings is 1. The van der Waals surface area contributed by atoms with Crippen LogP contribution < -0.4 is 11.1 Å². The van der Waals surface area contributed by atoms with Gasteiger partial charge in [0.15, 0.2) is 5.69 Å². The zero-order valence-corrected chi connectivity index (χ0v) is 8.60. The third-order valence-corrected chi connectivity index (χ3v) is 2.10. The van der Waals surface area contributed by atoms with E-state index in [-0.39, 0.29) is 24.2 Å². The molecule has 0 saturated heterocycles. The lowest BCUT2D eigenvalue weighted by Crippen LogP contribution is -2.37. The van der Waals surface area contributed by atoms with Crippen LogP contribution >= 0.6 is 0 Å². The van der Waals surface area contributed by atoms with Gasteiger partial charge in [0.25, 0.3) is 5.91 Å². The summed E-state index contributed by atoms with van der Waals surface area (Å²) in [5, 5.41) is 11.6. The zero-order chi connectivity index (χ0) is 11.3. The second-order valence-corrected chi connectivity index (χ2v) is 3.20. The number of carbonyl (C=O) groups excluding carboxylic acids is 1. The Morgan fingerprint density at radius 3 is 3.00 bits per heavy atom. The van der Waals surface area contributed by atoms with Gasteiger partial charge in [-0.15, -0.1) is 0 Å². The van der Waals surface area contributed by atoms with E-state index in [9.17, 15) is 4.79 Å². The van der Waals surface area contributed by atoms with Gasteiger partial charge in [0.2, 0.25) is 0 Å². The van der Waals surface area contributed by atoms with Gasteiger partial charge < -0.3 is 16.2 Å². The Morgan fingerprint density at radius 2 is 2.47 bits per heavy atom. The number of amides is 1. The first-order valence-corrected chi connectivity index (χ1v) is 4.81. The molecule has 0 bridgehead atoms. The molecule has 1 heterocycles. The van der Waals surface area contributed by atoms with Crippen LogP contribution in [0.4, 0.5) is 5.69 Å². The first kappa shape index (κ1) is 11.5. The van der Waals surface area contributed by atoms with Crippen molar-refractivity contribution in [2.45, 2.75) is 19.4 Å². The molecule has 5 heteroatoms. The van der Waals surface area contributed by atoms with E-state index >= 15 is 0 Å². The van der Waals surface area contributed by atoms with Crippen LogP contribution in [0, 0.1) is 0 Å². The van der Waals surface area contributed by atoms with Crippen LogP contribution in [0.1, 0.15) is 23.8 Å². The molecule has 15 heavy (non-hydrogen) atoms. The summed E-state index contributed by atoms with van der Waals surface area (Å²) in [6.45, 7) is 1.79. The number of nitrogens with one attached hydrogen (secondary N) is 1. The molecule has 0 aliphatic heterocycles. The molecular formula is C10H15N3O2. The van der Waals surface area contributed by atoms with Gasteiger partial charge in [-0.3, -0.25) is 4.79 Å². The maximum Gasteiger partial charge on any atom is 0.272 e. The van der Waals surface area contributed by atoms with E-state index in [1.165, 1.54) is 6.20 Å². The van der Waals surface area contributed by atoms with Crippen molar-refractivity contribution in [3.05, 3.63) is 24.0 Å². The number of hydrogen-bond donors (Lipinski definition) is 3. The topological polar surface area (TPSA) is 88.2 Å². The quantitative estimate of drug-likeness (QED) is 0.659. The number of nitrogens with two attached hydrogens (primary N) is 1. The summed E-state index contributed by atoms with van der Waals surface area (Å²) in [6, 6.07) is 3.02. The summed E-state index contributed by atoms with van der Waals surface area (Å²) < 4.78 is 0. The first-order valence-electron chi connectivity index (χ1n) is 4.81. The molecule has 1 aromatic heterocycles. The molecule has 0 aliphatic carbocycles. The van der Waals surface area contributed by atoms with E-state index in [1.807, 2.05) is 6.92 Å². The Kier molecular flexibility index (Phi) is 4.05. The van der Waals surface area contributed by atoms with Crippen LogP contribution in [-0.4, -0.2) is 28.6 Å². The summed E-state index contributed by atoms with van der Waals surface area (Å²) in [6.07, 6.45) is 2.17. The van der Waals surface area contributed by atoms with E-state index in [2.05, 4.69) is 10.3 Å². The van der Waals surface area contributed by atoms with Crippen LogP contribution in [0.3, 0.4) is 0 Å². The highest BCUT2D eigenvalue weighted by molar-refractivity contribution is 5.97. The first-order chi connectivity index (χ1) is 7.19. The number of carbonyl (C=O) groups is 1. The molecule has 0 unspecified atom stereocenters. The summed E-state index contributed by atoms with van der Waals surface area (Å²) >= 11 is 0. The lowest BCUT2D eigenvalue weighted by molar-refractivity contribution is 0.0911. The van der Waals surface area contributed by atoms with Gasteiger partial charge in [-0.1, -0.05) is 6.92 Å². The fourth-order valence-electron chi connectivity index (χ4n) is 1.14. The van der Waals surface area contributed by atoms with Gasteiger partial charge in [0.05, 0.1) is 18.3 Å². The largest absolute Gasteiger partial charge is 0.397 e. The highest BCUT2D eigenvalue weighted by Crippen LogP contribution is 2.06. The van der Waals surface area contributed by atoms with Gasteiger partial charge in [-0.2, -0.15) is 0 Å². The van der Waals surface area contributed by atoms with Crippen molar-refractivity contribution in [3.8, 4) is 0 Å². The van der Waals surface area contributed by atoms with Crippen molar-refractivity contribution < 1.29 is 9.90 Å². The third kappa shape index (κ3) is 2.92. The lowest BCUT2D eigenvalue weighted by atomic mass is 10.2. The molecule has 82 valence electrons. The van der Waals surface area contributed by atoms with Crippen molar-refractivity contribution in [2.75, 3.05) is 12.3 Å². The lowest BCUT2D eigenvalue weighted by Gasteiger charge is -2.13. The third-order valence-electron chi connectivity index (χ3n) is 2.10. The van der Waals surface area contributed by atoms with E-state index in [0.29, 0.717) is 12.1 Å². The second kappa shape index (κ2) is 5.31. The summed E-state index contributed by atoms with van der Waals surface area (Å²) in [5.74, 6) is -0.353. The van der Waals surface area contributed by atoms with Gasteiger partial charge in [-0.05, 0) is 18.6 Å². The highest BCUT2D eigenvalue weighted by Gasteiger charge is 2.14. The maximum atomic E-state index is 11.6. The Balaban J connectivity index is 2.73. The molecule has 0 radical (unpaired) electrons. The highest BCUT2D eigenvalue weighted by atomic mass is 16.3. The minimum absolute atomic E-state index is 0.0883. The van der Waals surface area contributed by atoms with Crippen LogP contribution in [0.25, 0.3) is 0 Å². The van der Waals surface area contributed by atoms with Crippen molar-refractivity contribution in [1.29, 1.82) is 0 Å². The summed E-state index contributed by atoms with van der Waals surface area (Å²) in [4.78, 5) is 15.5. The Hall–Kier alpha value is -1.62. The molecule has 5 nitrogen and oxygen atoms in total. The van der Waals surface area contributed by atoms with Crippen molar-refractivity contribution in [1.82, 2.24) is 10.3 Å². The predicted molar refractivity (Wildman–Crippen MR) is 57.3 cm³/mol. The predicted octanol–water partition coefficient (Wildman–Crippen LogP) is 0.164. The Morgan fingerprint density at radius 1 is 1.73 bits per heavy atom. The molecule has 1 rings (SSSR count). The Labute approximate surface area is 88.3 Å². The Bertz CT molecular complexity index is 337. The van der Waals surface area contributed by atoms with Crippen LogP contribution in [-0.2, 0) is 0 Å². The average Bonchev–Trinajstić information content (AvgIpc) is 2.26. The van der Waals surface area contributed by atoms with Crippen LogP contribution in [0.2, 0.25) is 0 Å². The second-order valence-electron chi connectivity index (χ2n) is 3.20. The number of rotatable bonds is 4. The SMILES string of the molecule is CC[C@@H](CO)NC(=O)c1ncccc1N. The number of hydrogen-bond acceptors (Lipinski definition) is 4. The van der Waals surface area contributed by atoms with Gasteiger partial charge in [0, 0.05) is 6.20 Å². The minimum atomic E-state index is -0.353. The van der Waals surface area contributed by atoms with E-state index in [0.717, 1.165) is 0 Å². The van der Waals surface area contributed by atoms with Gasteiger partial charge in [-0.25, -0.2) is 4.98 Å². The molecule has 0 aliphatic rings. The molecule has 4 N–H and O–H groups in total. The zero-order valence-electron chi connectivity index (χ0n) is 8.60. The van der Waals surface area contributed by atoms with Crippen molar-refractivity contribution in [3.63, 3.8) is 0 Å². The molecule has 0 saturated carbocycles. The number of nitrogens with zero attached hydrogens (tertiary/aromatic N) is 1. The smallest absolute Gasteiger partial charge is 0.272 e. The van der Waals surface area contributed by atoms with Crippen LogP contribution in [0.5, 0.6) is 0 Å². The summed E-state index contributed by atoms with van der Waals surface area (Å²) in [5.41, 5.74) is 6.13. The van der Waals surface area contributed by atoms with Crippen molar-refractivity contribution in [2.24, 2.45) is 0 Å². The molecule has 0 fully saturated rings. The molecule has 0 aromatic carbocycles. The molecule has 1 atom stereocenters. The fraction of sp³-hybridized carbons (Fsp3) is 0.400. The maximum absolute atomic E-state index is 11.6. The average molecular weight is 209 g/mol. The fourth-order valence-corrected chi connectivity index (χ4v) is 1.14. The van der Waals surface area contributed by atoms with Gasteiger partial charge in [0.1, 0.15) is 0 Å². The number of nitrogen functional groups attached to an aromatic ring is 1. The van der Waals surface area contributed by atoms with Crippen molar-refractivity contribution >= 4 is 11.6 Å². The molecular weight excluding hydrogens is 194 g/mol. The number of aliphatic hydroxyl groups excluding tert-OH is 1. The molecule has 1 amide bonds. The van der Waals surface area contributed by atoms with E-state index in [1.54, 1.807) is 12.1 Å². The number of aromatic nitrogens is 1. The van der Waals surface area contributed by atoms with E-state index in [4.69, 9.17) is 10.8 Å². The summed E-state index contributed by atoms with van der Waals surface area (Å²) in [7, 11) is 0. The van der Waals surface area contributed by atoms with E-state index < -0.39 is 0 Å². The standard InChI is InChI=1S/C10H15N3O2/c1-2-7(6-14)13-10(15)9-8(11)4-3-5-12-9/h3-5,7,14H,2,6,11H2,1H3,(H,13,15)/t7-/m0/s1. The number of aliphatic hydroxyl groups is 1.